The van der Waals surface area contributed by atoms with Gasteiger partial charge in [-0.15, -0.1) is 0 Å². The molecule has 206 valence electrons. The van der Waals surface area contributed by atoms with Gasteiger partial charge in [0.05, 0.1) is 40.8 Å². The minimum Gasteiger partial charge on any atom is -0.493 e. The Morgan fingerprint density at radius 2 is 1.03 bits per heavy atom. The number of anilines is 2. The number of sulfonamides is 2. The van der Waals surface area contributed by atoms with Crippen molar-refractivity contribution in [3.05, 3.63) is 71.8 Å². The largest absolute Gasteiger partial charge is 0.493 e. The molecule has 0 aliphatic rings. The van der Waals surface area contributed by atoms with Crippen molar-refractivity contribution >= 4 is 31.4 Å². The van der Waals surface area contributed by atoms with Crippen molar-refractivity contribution in [3.8, 4) is 11.5 Å². The number of rotatable bonds is 8. The van der Waals surface area contributed by atoms with E-state index >= 15 is 0 Å². The fourth-order valence-electron chi connectivity index (χ4n) is 3.13. The van der Waals surface area contributed by atoms with E-state index in [0.717, 1.165) is 24.3 Å². The summed E-state index contributed by atoms with van der Waals surface area (Å²) in [5.74, 6) is 0.405. The van der Waals surface area contributed by atoms with Crippen LogP contribution >= 0.6 is 0 Å². The topological polar surface area (TPSA) is 111 Å². The van der Waals surface area contributed by atoms with E-state index in [2.05, 4.69) is 4.72 Å². The first-order chi connectivity index (χ1) is 17.5. The maximum atomic E-state index is 13.1. The van der Waals surface area contributed by atoms with Gasteiger partial charge < -0.3 is 9.47 Å². The van der Waals surface area contributed by atoms with E-state index < -0.39 is 54.1 Å². The van der Waals surface area contributed by atoms with Gasteiger partial charge in [-0.1, -0.05) is 0 Å². The molecule has 0 unspecified atom stereocenters. The minimum atomic E-state index is -5.17. The van der Waals surface area contributed by atoms with Crippen molar-refractivity contribution in [1.29, 1.82) is 0 Å². The number of hydrogen-bond donors (Lipinski definition) is 2. The van der Waals surface area contributed by atoms with Crippen LogP contribution in [0, 0.1) is 0 Å². The summed E-state index contributed by atoms with van der Waals surface area (Å²) < 4.78 is 143. The van der Waals surface area contributed by atoms with E-state index in [4.69, 9.17) is 9.47 Å². The van der Waals surface area contributed by atoms with Gasteiger partial charge in [-0.3, -0.25) is 9.44 Å². The molecule has 0 aliphatic heterocycles. The number of nitrogens with one attached hydrogen (secondary N) is 2. The van der Waals surface area contributed by atoms with Crippen LogP contribution in [0.3, 0.4) is 0 Å². The maximum absolute atomic E-state index is 13.1. The molecule has 0 spiro atoms. The standard InChI is InChI=1S/C22H18F6N2O6S2/c1-35-19-8-7-18(12-20(19)36-2)38(33,34)29-15-3-5-17(6-4-15)37(31,32)30-16-10-13(21(23,24)25)9-14(11-16)22(26,27)28/h3-12,29-30H,1-2H3. The Balaban J connectivity index is 1.86. The summed E-state index contributed by atoms with van der Waals surface area (Å²) in [4.78, 5) is -0.768. The van der Waals surface area contributed by atoms with E-state index in [1.165, 1.54) is 32.4 Å². The molecule has 3 rings (SSSR count). The fourth-order valence-corrected chi connectivity index (χ4v) is 5.24. The summed E-state index contributed by atoms with van der Waals surface area (Å²) in [7, 11) is -6.17. The summed E-state index contributed by atoms with van der Waals surface area (Å²) in [6.45, 7) is 0. The van der Waals surface area contributed by atoms with Crippen LogP contribution in [0.1, 0.15) is 11.1 Å². The van der Waals surface area contributed by atoms with Crippen LogP contribution in [0.15, 0.2) is 70.5 Å². The lowest BCUT2D eigenvalue weighted by molar-refractivity contribution is -0.143. The van der Waals surface area contributed by atoms with Gasteiger partial charge in [0.1, 0.15) is 0 Å². The molecule has 0 aliphatic carbocycles. The summed E-state index contributed by atoms with van der Waals surface area (Å²) in [5, 5.41) is 0. The molecule has 0 saturated heterocycles. The molecule has 0 atom stereocenters. The highest BCUT2D eigenvalue weighted by atomic mass is 32.2. The normalized spacial score (nSPS) is 12.6. The first-order valence-corrected chi connectivity index (χ1v) is 13.1. The van der Waals surface area contributed by atoms with Gasteiger partial charge >= 0.3 is 12.4 Å². The molecule has 2 N–H and O–H groups in total. The lowest BCUT2D eigenvalue weighted by atomic mass is 10.1. The number of hydrogen-bond acceptors (Lipinski definition) is 6. The molecule has 3 aromatic rings. The lowest BCUT2D eigenvalue weighted by Gasteiger charge is -2.15. The Kier molecular flexibility index (Phi) is 7.79. The van der Waals surface area contributed by atoms with Crippen LogP contribution in [-0.4, -0.2) is 31.1 Å². The van der Waals surface area contributed by atoms with Crippen molar-refractivity contribution in [2.75, 3.05) is 23.7 Å². The van der Waals surface area contributed by atoms with E-state index in [9.17, 15) is 43.2 Å². The molecule has 0 fully saturated rings. The maximum Gasteiger partial charge on any atom is 0.416 e. The molecule has 0 radical (unpaired) electrons. The number of benzene rings is 3. The molecule has 0 aromatic heterocycles. The van der Waals surface area contributed by atoms with Crippen molar-refractivity contribution in [2.45, 2.75) is 22.1 Å². The second kappa shape index (κ2) is 10.2. The third-order valence-corrected chi connectivity index (χ3v) is 7.70. The highest BCUT2D eigenvalue weighted by Crippen LogP contribution is 2.38. The third-order valence-electron chi connectivity index (χ3n) is 4.92. The zero-order chi connectivity index (χ0) is 28.5. The van der Waals surface area contributed by atoms with Gasteiger partial charge in [-0.25, -0.2) is 16.8 Å². The zero-order valence-electron chi connectivity index (χ0n) is 19.3. The van der Waals surface area contributed by atoms with E-state index in [0.29, 0.717) is 0 Å². The highest BCUT2D eigenvalue weighted by molar-refractivity contribution is 7.93. The van der Waals surface area contributed by atoms with Gasteiger partial charge in [-0.05, 0) is 54.6 Å². The van der Waals surface area contributed by atoms with Crippen LogP contribution in [0.25, 0.3) is 0 Å². The van der Waals surface area contributed by atoms with Crippen LogP contribution in [0.2, 0.25) is 0 Å². The van der Waals surface area contributed by atoms with Crippen molar-refractivity contribution < 1.29 is 52.7 Å². The van der Waals surface area contributed by atoms with Crippen LogP contribution in [0.4, 0.5) is 37.7 Å². The Morgan fingerprint density at radius 3 is 1.50 bits per heavy atom. The van der Waals surface area contributed by atoms with Gasteiger partial charge in [0.15, 0.2) is 11.5 Å². The van der Waals surface area contributed by atoms with Gasteiger partial charge in [0, 0.05) is 11.8 Å². The van der Waals surface area contributed by atoms with Crippen LogP contribution in [0.5, 0.6) is 11.5 Å². The predicted octanol–water partition coefficient (Wildman–Crippen LogP) is 5.34. The minimum absolute atomic E-state index is 0.0860. The molecule has 0 saturated carbocycles. The molecule has 0 amide bonds. The van der Waals surface area contributed by atoms with E-state index in [-0.39, 0.29) is 40.3 Å². The Morgan fingerprint density at radius 1 is 0.579 bits per heavy atom. The van der Waals surface area contributed by atoms with Crippen molar-refractivity contribution in [3.63, 3.8) is 0 Å². The van der Waals surface area contributed by atoms with Crippen molar-refractivity contribution in [2.24, 2.45) is 0 Å². The van der Waals surface area contributed by atoms with Gasteiger partial charge in [0.2, 0.25) is 0 Å². The molecular formula is C22H18F6N2O6S2. The quantitative estimate of drug-likeness (QED) is 0.346. The summed E-state index contributed by atoms with van der Waals surface area (Å²) in [5.41, 5.74) is -4.46. The Labute approximate surface area is 213 Å². The molecule has 0 heterocycles. The molecule has 3 aromatic carbocycles. The summed E-state index contributed by atoms with van der Waals surface area (Å²) in [6, 6.07) is 7.98. The lowest BCUT2D eigenvalue weighted by Crippen LogP contribution is -2.17. The average Bonchev–Trinajstić information content (AvgIpc) is 2.82. The third kappa shape index (κ3) is 6.61. The van der Waals surface area contributed by atoms with Crippen LogP contribution < -0.4 is 18.9 Å². The monoisotopic (exact) mass is 584 g/mol. The number of ether oxygens (including phenoxy) is 2. The highest BCUT2D eigenvalue weighted by Gasteiger charge is 2.37. The predicted molar refractivity (Wildman–Crippen MR) is 124 cm³/mol. The average molecular weight is 585 g/mol. The van der Waals surface area contributed by atoms with Gasteiger partial charge in [0.25, 0.3) is 20.0 Å². The first-order valence-electron chi connectivity index (χ1n) is 10.1. The molecule has 8 nitrogen and oxygen atoms in total. The molecule has 0 bridgehead atoms. The first kappa shape index (κ1) is 28.9. The number of alkyl halides is 6. The Hall–Kier alpha value is -3.66. The second-order valence-electron chi connectivity index (χ2n) is 7.55. The molecular weight excluding hydrogens is 566 g/mol. The van der Waals surface area contributed by atoms with Crippen molar-refractivity contribution in [1.82, 2.24) is 0 Å². The SMILES string of the molecule is COc1ccc(S(=O)(=O)Nc2ccc(S(=O)(=O)Nc3cc(C(F)(F)F)cc(C(F)(F)F)c3)cc2)cc1OC. The van der Waals surface area contributed by atoms with Gasteiger partial charge in [-0.2, -0.15) is 26.3 Å². The number of halogens is 6. The van der Waals surface area contributed by atoms with E-state index in [1.807, 2.05) is 0 Å². The zero-order valence-corrected chi connectivity index (χ0v) is 20.9. The Bertz CT molecular complexity index is 1510. The smallest absolute Gasteiger partial charge is 0.416 e. The summed E-state index contributed by atoms with van der Waals surface area (Å²) >= 11 is 0. The molecule has 38 heavy (non-hydrogen) atoms. The molecule has 16 heteroatoms. The van der Waals surface area contributed by atoms with E-state index in [1.54, 1.807) is 4.72 Å². The number of methoxy groups -OCH3 is 2. The summed E-state index contributed by atoms with van der Waals surface area (Å²) in [6.07, 6.45) is -10.3. The van der Waals surface area contributed by atoms with Crippen LogP contribution in [-0.2, 0) is 32.4 Å². The second-order valence-corrected chi connectivity index (χ2v) is 10.9. The fraction of sp³-hybridized carbons (Fsp3) is 0.182.